The van der Waals surface area contributed by atoms with Crippen molar-refractivity contribution in [1.82, 2.24) is 4.90 Å². The topological polar surface area (TPSA) is 29.5 Å². The number of benzene rings is 1. The molecule has 0 heterocycles. The number of methoxy groups -OCH3 is 1. The molecular formula is C13H17ClFNO2. The minimum Gasteiger partial charge on any atom is -0.469 e. The summed E-state index contributed by atoms with van der Waals surface area (Å²) in [5.41, 5.74) is 0.816. The number of hydrogen-bond donors (Lipinski definition) is 0. The van der Waals surface area contributed by atoms with Crippen LogP contribution in [0.1, 0.15) is 12.5 Å². The van der Waals surface area contributed by atoms with E-state index in [1.54, 1.807) is 13.0 Å². The van der Waals surface area contributed by atoms with Crippen LogP contribution in [0.4, 0.5) is 4.39 Å². The van der Waals surface area contributed by atoms with Crippen LogP contribution in [0.15, 0.2) is 18.2 Å². The second-order valence-electron chi connectivity index (χ2n) is 4.37. The van der Waals surface area contributed by atoms with Crippen molar-refractivity contribution in [2.45, 2.75) is 13.5 Å². The summed E-state index contributed by atoms with van der Waals surface area (Å²) in [7, 11) is 3.24. The van der Waals surface area contributed by atoms with E-state index in [-0.39, 0.29) is 16.9 Å². The van der Waals surface area contributed by atoms with Crippen LogP contribution in [0.3, 0.4) is 0 Å². The minimum absolute atomic E-state index is 0.115. The third kappa shape index (κ3) is 4.27. The van der Waals surface area contributed by atoms with Crippen LogP contribution in [0.25, 0.3) is 0 Å². The highest BCUT2D eigenvalue weighted by Gasteiger charge is 2.15. The quantitative estimate of drug-likeness (QED) is 0.773. The summed E-state index contributed by atoms with van der Waals surface area (Å²) in [5.74, 6) is -0.884. The van der Waals surface area contributed by atoms with E-state index >= 15 is 0 Å². The second kappa shape index (κ2) is 6.71. The van der Waals surface area contributed by atoms with Crippen molar-refractivity contribution in [2.24, 2.45) is 5.92 Å². The lowest BCUT2D eigenvalue weighted by molar-refractivity contribution is -0.145. The zero-order valence-electron chi connectivity index (χ0n) is 10.7. The first-order valence-corrected chi connectivity index (χ1v) is 6.02. The van der Waals surface area contributed by atoms with Gasteiger partial charge in [0.25, 0.3) is 0 Å². The molecule has 0 radical (unpaired) electrons. The maximum Gasteiger partial charge on any atom is 0.309 e. The van der Waals surface area contributed by atoms with Gasteiger partial charge in [-0.3, -0.25) is 4.79 Å². The Kier molecular flexibility index (Phi) is 5.56. The van der Waals surface area contributed by atoms with Crippen molar-refractivity contribution in [3.63, 3.8) is 0 Å². The van der Waals surface area contributed by atoms with E-state index in [4.69, 9.17) is 11.6 Å². The van der Waals surface area contributed by atoms with Gasteiger partial charge in [-0.15, -0.1) is 0 Å². The number of carbonyl (C=O) groups is 1. The highest BCUT2D eigenvalue weighted by atomic mass is 35.5. The summed E-state index contributed by atoms with van der Waals surface area (Å²) < 4.78 is 17.9. The van der Waals surface area contributed by atoms with E-state index in [1.807, 2.05) is 11.9 Å². The maximum atomic E-state index is 13.3. The highest BCUT2D eigenvalue weighted by Crippen LogP contribution is 2.16. The Morgan fingerprint density at radius 3 is 2.78 bits per heavy atom. The summed E-state index contributed by atoms with van der Waals surface area (Å²) in [6, 6.07) is 4.70. The van der Waals surface area contributed by atoms with Crippen molar-refractivity contribution < 1.29 is 13.9 Å². The molecule has 1 atom stereocenters. The maximum absolute atomic E-state index is 13.3. The molecule has 18 heavy (non-hydrogen) atoms. The Hall–Kier alpha value is -1.13. The Labute approximate surface area is 111 Å². The minimum atomic E-state index is -0.427. The predicted molar refractivity (Wildman–Crippen MR) is 68.9 cm³/mol. The van der Waals surface area contributed by atoms with Gasteiger partial charge in [-0.1, -0.05) is 24.6 Å². The molecule has 1 aromatic rings. The lowest BCUT2D eigenvalue weighted by Crippen LogP contribution is -2.29. The summed E-state index contributed by atoms with van der Waals surface area (Å²) in [6.07, 6.45) is 0. The Bertz CT molecular complexity index is 425. The molecule has 1 rings (SSSR count). The number of ether oxygens (including phenoxy) is 1. The molecule has 0 saturated carbocycles. The zero-order chi connectivity index (χ0) is 13.7. The highest BCUT2D eigenvalue weighted by molar-refractivity contribution is 6.30. The van der Waals surface area contributed by atoms with Crippen LogP contribution in [0, 0.1) is 11.7 Å². The van der Waals surface area contributed by atoms with Gasteiger partial charge in [-0.25, -0.2) is 4.39 Å². The number of hydrogen-bond acceptors (Lipinski definition) is 3. The third-order valence-electron chi connectivity index (χ3n) is 2.63. The van der Waals surface area contributed by atoms with E-state index in [2.05, 4.69) is 4.74 Å². The summed E-state index contributed by atoms with van der Waals surface area (Å²) >= 11 is 5.61. The molecule has 3 nitrogen and oxygen atoms in total. The molecule has 1 unspecified atom stereocenters. The van der Waals surface area contributed by atoms with Crippen LogP contribution in [-0.2, 0) is 16.1 Å². The van der Waals surface area contributed by atoms with E-state index < -0.39 is 5.82 Å². The Morgan fingerprint density at radius 1 is 1.56 bits per heavy atom. The van der Waals surface area contributed by atoms with Gasteiger partial charge in [0.15, 0.2) is 0 Å². The first-order chi connectivity index (χ1) is 8.43. The first kappa shape index (κ1) is 14.9. The van der Waals surface area contributed by atoms with Crippen molar-refractivity contribution in [1.29, 1.82) is 0 Å². The molecule has 0 fully saturated rings. The van der Waals surface area contributed by atoms with Crippen molar-refractivity contribution >= 4 is 17.6 Å². The lowest BCUT2D eigenvalue weighted by Gasteiger charge is -2.20. The monoisotopic (exact) mass is 273 g/mol. The van der Waals surface area contributed by atoms with Gasteiger partial charge in [0, 0.05) is 13.1 Å². The number of nitrogens with zero attached hydrogens (tertiary/aromatic N) is 1. The largest absolute Gasteiger partial charge is 0.469 e. The van der Waals surface area contributed by atoms with Crippen LogP contribution in [0.5, 0.6) is 0 Å². The molecule has 0 saturated heterocycles. The van der Waals surface area contributed by atoms with E-state index in [1.165, 1.54) is 19.2 Å². The smallest absolute Gasteiger partial charge is 0.309 e. The van der Waals surface area contributed by atoms with E-state index in [0.717, 1.165) is 5.56 Å². The molecule has 0 aliphatic carbocycles. The lowest BCUT2D eigenvalue weighted by atomic mass is 10.1. The Balaban J connectivity index is 2.56. The van der Waals surface area contributed by atoms with Crippen LogP contribution >= 0.6 is 11.6 Å². The molecule has 0 aromatic heterocycles. The van der Waals surface area contributed by atoms with Crippen molar-refractivity contribution in [3.05, 3.63) is 34.6 Å². The molecule has 0 spiro atoms. The zero-order valence-corrected chi connectivity index (χ0v) is 11.5. The number of esters is 1. The van der Waals surface area contributed by atoms with Gasteiger partial charge < -0.3 is 9.64 Å². The molecule has 0 aliphatic rings. The van der Waals surface area contributed by atoms with Crippen molar-refractivity contribution in [2.75, 3.05) is 20.7 Å². The number of rotatable bonds is 5. The number of carbonyl (C=O) groups excluding carboxylic acids is 1. The van der Waals surface area contributed by atoms with E-state index in [0.29, 0.717) is 13.1 Å². The second-order valence-corrected chi connectivity index (χ2v) is 4.78. The van der Waals surface area contributed by atoms with Crippen LogP contribution in [-0.4, -0.2) is 31.6 Å². The van der Waals surface area contributed by atoms with Gasteiger partial charge in [-0.05, 0) is 24.7 Å². The van der Waals surface area contributed by atoms with Crippen LogP contribution in [0.2, 0.25) is 5.02 Å². The molecule has 1 aromatic carbocycles. The molecule has 5 heteroatoms. The summed E-state index contributed by atoms with van der Waals surface area (Å²) in [6.45, 7) is 2.90. The first-order valence-electron chi connectivity index (χ1n) is 5.64. The molecule has 0 N–H and O–H groups in total. The molecule has 0 aliphatic heterocycles. The summed E-state index contributed by atoms with van der Waals surface area (Å²) in [5, 5.41) is 0.115. The van der Waals surface area contributed by atoms with Gasteiger partial charge in [0.2, 0.25) is 0 Å². The van der Waals surface area contributed by atoms with E-state index in [9.17, 15) is 9.18 Å². The predicted octanol–water partition coefficient (Wildman–Crippen LogP) is 2.72. The fraction of sp³-hybridized carbons (Fsp3) is 0.462. The average Bonchev–Trinajstić information content (AvgIpc) is 2.32. The third-order valence-corrected chi connectivity index (χ3v) is 2.93. The molecule has 0 bridgehead atoms. The fourth-order valence-electron chi connectivity index (χ4n) is 1.76. The number of halogens is 2. The van der Waals surface area contributed by atoms with Gasteiger partial charge in [-0.2, -0.15) is 0 Å². The van der Waals surface area contributed by atoms with Gasteiger partial charge >= 0.3 is 5.97 Å². The molecular weight excluding hydrogens is 257 g/mol. The molecule has 0 amide bonds. The SMILES string of the molecule is COC(=O)C(C)CN(C)Cc1ccc(Cl)c(F)c1. The van der Waals surface area contributed by atoms with Gasteiger partial charge in [0.05, 0.1) is 18.1 Å². The van der Waals surface area contributed by atoms with Crippen molar-refractivity contribution in [3.8, 4) is 0 Å². The Morgan fingerprint density at radius 2 is 2.22 bits per heavy atom. The summed E-state index contributed by atoms with van der Waals surface area (Å²) in [4.78, 5) is 13.2. The van der Waals surface area contributed by atoms with Gasteiger partial charge in [0.1, 0.15) is 5.82 Å². The normalized spacial score (nSPS) is 12.6. The standard InChI is InChI=1S/C13H17ClFNO2/c1-9(13(17)18-3)7-16(2)8-10-4-5-11(14)12(15)6-10/h4-6,9H,7-8H2,1-3H3. The van der Waals surface area contributed by atoms with Crippen LogP contribution < -0.4 is 0 Å². The average molecular weight is 274 g/mol. The molecule has 100 valence electrons. The fourth-order valence-corrected chi connectivity index (χ4v) is 1.87.